The van der Waals surface area contributed by atoms with Crippen molar-refractivity contribution in [1.29, 1.82) is 0 Å². The highest BCUT2D eigenvalue weighted by Crippen LogP contribution is 2.38. The Labute approximate surface area is 165 Å². The number of nitrogens with zero attached hydrogens (tertiary/aromatic N) is 1. The predicted octanol–water partition coefficient (Wildman–Crippen LogP) is 2.73. The van der Waals surface area contributed by atoms with Gasteiger partial charge in [0, 0.05) is 0 Å². The molecule has 1 aromatic rings. The number of carbonyl (C=O) groups excluding carboxylic acids is 3. The van der Waals surface area contributed by atoms with Crippen molar-refractivity contribution in [3.05, 3.63) is 29.3 Å². The van der Waals surface area contributed by atoms with Crippen LogP contribution in [0.2, 0.25) is 0 Å². The summed E-state index contributed by atoms with van der Waals surface area (Å²) in [4.78, 5) is 38.2. The van der Waals surface area contributed by atoms with E-state index >= 15 is 0 Å². The van der Waals surface area contributed by atoms with Crippen molar-refractivity contribution in [2.24, 2.45) is 5.92 Å². The zero-order chi connectivity index (χ0) is 20.3. The molecule has 2 atom stereocenters. The van der Waals surface area contributed by atoms with Crippen LogP contribution in [0.25, 0.3) is 0 Å². The van der Waals surface area contributed by atoms with E-state index in [1.165, 1.54) is 0 Å². The molecule has 28 heavy (non-hydrogen) atoms. The number of aryl methyl sites for hydroxylation is 2. The number of nitrogens with one attached hydrogen (secondary N) is 1. The molecule has 152 valence electrons. The average molecular weight is 388 g/mol. The van der Waals surface area contributed by atoms with Gasteiger partial charge >= 0.3 is 12.0 Å². The summed E-state index contributed by atoms with van der Waals surface area (Å²) < 4.78 is 10.7. The number of carbonyl (C=O) groups is 3. The lowest BCUT2D eigenvalue weighted by molar-refractivity contribution is -0.149. The monoisotopic (exact) mass is 388 g/mol. The maximum atomic E-state index is 12.8. The number of benzene rings is 1. The van der Waals surface area contributed by atoms with Gasteiger partial charge in [-0.1, -0.05) is 25.8 Å². The summed E-state index contributed by atoms with van der Waals surface area (Å²) in [7, 11) is 0. The minimum Gasteiger partial charge on any atom is -0.490 e. The van der Waals surface area contributed by atoms with E-state index in [9.17, 15) is 14.4 Å². The highest BCUT2D eigenvalue weighted by molar-refractivity contribution is 6.08. The molecule has 1 aliphatic carbocycles. The SMILES string of the molecule is Cc1cc(C)cc(OCCOC(=O)CN2C(=O)N[C@]3(CCCC[C@@H]3C)C2=O)c1. The second kappa shape index (κ2) is 8.20. The van der Waals surface area contributed by atoms with Crippen molar-refractivity contribution in [3.63, 3.8) is 0 Å². The standard InChI is InChI=1S/C21H28N2O5/c1-14-10-15(2)12-17(11-14)27-8-9-28-18(24)13-23-19(25)21(22-20(23)26)7-5-4-6-16(21)3/h10-12,16H,4-9,13H2,1-3H3,(H,22,26)/t16-,21-/m0/s1. The minimum absolute atomic E-state index is 0.0526. The number of amides is 3. The molecule has 0 aromatic heterocycles. The van der Waals surface area contributed by atoms with E-state index in [1.807, 2.05) is 39.0 Å². The number of ether oxygens (including phenoxy) is 2. The molecule has 7 heteroatoms. The fourth-order valence-electron chi connectivity index (χ4n) is 4.15. The Morgan fingerprint density at radius 2 is 1.89 bits per heavy atom. The lowest BCUT2D eigenvalue weighted by Gasteiger charge is -2.36. The number of rotatable bonds is 6. The molecule has 1 N–H and O–H groups in total. The maximum Gasteiger partial charge on any atom is 0.326 e. The Morgan fingerprint density at radius 1 is 1.18 bits per heavy atom. The normalized spacial score (nSPS) is 24.4. The third-order valence-corrected chi connectivity index (χ3v) is 5.60. The second-order valence-corrected chi connectivity index (χ2v) is 7.83. The molecular weight excluding hydrogens is 360 g/mol. The van der Waals surface area contributed by atoms with Gasteiger partial charge in [-0.25, -0.2) is 4.79 Å². The predicted molar refractivity (Wildman–Crippen MR) is 103 cm³/mol. The van der Waals surface area contributed by atoms with Crippen molar-refractivity contribution in [1.82, 2.24) is 10.2 Å². The van der Waals surface area contributed by atoms with Crippen LogP contribution in [-0.4, -0.2) is 48.1 Å². The van der Waals surface area contributed by atoms with E-state index < -0.39 is 17.5 Å². The van der Waals surface area contributed by atoms with Gasteiger partial charge in [-0.05, 0) is 55.9 Å². The number of urea groups is 1. The van der Waals surface area contributed by atoms with E-state index in [-0.39, 0.29) is 31.6 Å². The van der Waals surface area contributed by atoms with Gasteiger partial charge in [0.2, 0.25) is 0 Å². The molecule has 3 rings (SSSR count). The molecule has 2 aliphatic rings. The molecule has 1 saturated heterocycles. The van der Waals surface area contributed by atoms with Crippen molar-refractivity contribution in [3.8, 4) is 5.75 Å². The van der Waals surface area contributed by atoms with E-state index in [1.54, 1.807) is 0 Å². The van der Waals surface area contributed by atoms with Crippen LogP contribution in [0.5, 0.6) is 5.75 Å². The zero-order valence-corrected chi connectivity index (χ0v) is 16.7. The lowest BCUT2D eigenvalue weighted by atomic mass is 9.73. The molecule has 2 fully saturated rings. The van der Waals surface area contributed by atoms with Crippen molar-refractivity contribution in [2.75, 3.05) is 19.8 Å². The molecule has 1 aliphatic heterocycles. The first kappa shape index (κ1) is 20.2. The Balaban J connectivity index is 1.48. The summed E-state index contributed by atoms with van der Waals surface area (Å²) >= 11 is 0. The Hall–Kier alpha value is -2.57. The highest BCUT2D eigenvalue weighted by Gasteiger charge is 2.55. The number of imide groups is 1. The van der Waals surface area contributed by atoms with Gasteiger partial charge < -0.3 is 14.8 Å². The van der Waals surface area contributed by atoms with E-state index in [2.05, 4.69) is 5.32 Å². The zero-order valence-electron chi connectivity index (χ0n) is 16.7. The van der Waals surface area contributed by atoms with Crippen molar-refractivity contribution >= 4 is 17.9 Å². The van der Waals surface area contributed by atoms with Crippen LogP contribution in [0.15, 0.2) is 18.2 Å². The van der Waals surface area contributed by atoms with Crippen LogP contribution < -0.4 is 10.1 Å². The van der Waals surface area contributed by atoms with Crippen LogP contribution >= 0.6 is 0 Å². The molecule has 0 radical (unpaired) electrons. The molecule has 0 bridgehead atoms. The molecular formula is C21H28N2O5. The largest absolute Gasteiger partial charge is 0.490 e. The number of esters is 1. The van der Waals surface area contributed by atoms with Crippen molar-refractivity contribution in [2.45, 2.75) is 52.0 Å². The van der Waals surface area contributed by atoms with Gasteiger partial charge in [0.15, 0.2) is 0 Å². The Kier molecular flexibility index (Phi) is 5.91. The Bertz CT molecular complexity index is 758. The van der Waals surface area contributed by atoms with Gasteiger partial charge in [0.1, 0.15) is 31.0 Å². The smallest absolute Gasteiger partial charge is 0.326 e. The van der Waals surface area contributed by atoms with Crippen LogP contribution in [0.3, 0.4) is 0 Å². The fourth-order valence-corrected chi connectivity index (χ4v) is 4.15. The second-order valence-electron chi connectivity index (χ2n) is 7.83. The first-order valence-electron chi connectivity index (χ1n) is 9.82. The van der Waals surface area contributed by atoms with Crippen LogP contribution in [0.1, 0.15) is 43.7 Å². The molecule has 1 saturated carbocycles. The van der Waals surface area contributed by atoms with Gasteiger partial charge in [0.05, 0.1) is 0 Å². The van der Waals surface area contributed by atoms with Gasteiger partial charge in [0.25, 0.3) is 5.91 Å². The highest BCUT2D eigenvalue weighted by atomic mass is 16.6. The quantitative estimate of drug-likeness (QED) is 0.460. The molecule has 3 amide bonds. The molecule has 7 nitrogen and oxygen atoms in total. The minimum atomic E-state index is -0.859. The summed E-state index contributed by atoms with van der Waals surface area (Å²) in [5.41, 5.74) is 1.33. The Morgan fingerprint density at radius 3 is 2.57 bits per heavy atom. The van der Waals surface area contributed by atoms with E-state index in [0.29, 0.717) is 6.42 Å². The van der Waals surface area contributed by atoms with Gasteiger partial charge in [-0.15, -0.1) is 0 Å². The van der Waals surface area contributed by atoms with Crippen LogP contribution in [0, 0.1) is 19.8 Å². The summed E-state index contributed by atoms with van der Waals surface area (Å²) in [6.07, 6.45) is 3.45. The average Bonchev–Trinajstić information content (AvgIpc) is 2.86. The number of hydrogen-bond donors (Lipinski definition) is 1. The first-order valence-corrected chi connectivity index (χ1v) is 9.82. The van der Waals surface area contributed by atoms with Gasteiger partial charge in [-0.2, -0.15) is 0 Å². The van der Waals surface area contributed by atoms with E-state index in [4.69, 9.17) is 9.47 Å². The van der Waals surface area contributed by atoms with Crippen molar-refractivity contribution < 1.29 is 23.9 Å². The molecule has 1 heterocycles. The van der Waals surface area contributed by atoms with E-state index in [0.717, 1.165) is 41.0 Å². The maximum absolute atomic E-state index is 12.8. The summed E-state index contributed by atoms with van der Waals surface area (Å²) in [6, 6.07) is 5.35. The third kappa shape index (κ3) is 4.13. The summed E-state index contributed by atoms with van der Waals surface area (Å²) in [6.45, 7) is 5.83. The summed E-state index contributed by atoms with van der Waals surface area (Å²) in [5, 5.41) is 2.83. The summed E-state index contributed by atoms with van der Waals surface area (Å²) in [5.74, 6) is -0.151. The molecule has 1 aromatic carbocycles. The van der Waals surface area contributed by atoms with Gasteiger partial charge in [-0.3, -0.25) is 14.5 Å². The third-order valence-electron chi connectivity index (χ3n) is 5.60. The lowest BCUT2D eigenvalue weighted by Crippen LogP contribution is -2.54. The molecule has 1 spiro atoms. The first-order chi connectivity index (χ1) is 13.3. The van der Waals surface area contributed by atoms with Crippen LogP contribution in [0.4, 0.5) is 4.79 Å². The molecule has 0 unspecified atom stereocenters. The fraction of sp³-hybridized carbons (Fsp3) is 0.571. The van der Waals surface area contributed by atoms with Crippen LogP contribution in [-0.2, 0) is 14.3 Å². The topological polar surface area (TPSA) is 84.9 Å². The number of hydrogen-bond acceptors (Lipinski definition) is 5.